The van der Waals surface area contributed by atoms with Crippen LogP contribution in [0.4, 0.5) is 0 Å². The number of aliphatic hydroxyl groups is 1. The van der Waals surface area contributed by atoms with Crippen molar-refractivity contribution < 1.29 is 9.32 Å². The number of rotatable bonds is 4. The fourth-order valence-electron chi connectivity index (χ4n) is 4.24. The van der Waals surface area contributed by atoms with Crippen molar-refractivity contribution in [3.05, 3.63) is 29.8 Å². The second-order valence-electron chi connectivity index (χ2n) is 7.09. The van der Waals surface area contributed by atoms with E-state index in [1.165, 1.54) is 37.7 Å². The van der Waals surface area contributed by atoms with Gasteiger partial charge in [0.2, 0.25) is 0 Å². The Morgan fingerprint density at radius 3 is 2.50 bits per heavy atom. The lowest BCUT2D eigenvalue weighted by atomic mass is 9.76. The summed E-state index contributed by atoms with van der Waals surface area (Å²) in [6.45, 7) is 2.27. The predicted octanol–water partition coefficient (Wildman–Crippen LogP) is 2.94. The van der Waals surface area contributed by atoms with Gasteiger partial charge in [-0.05, 0) is 48.8 Å². The van der Waals surface area contributed by atoms with Crippen LogP contribution in [0.15, 0.2) is 29.2 Å². The molecule has 1 N–H and O–H groups in total. The number of likely N-dealkylation sites (tertiary alicyclic amines) is 1. The summed E-state index contributed by atoms with van der Waals surface area (Å²) < 4.78 is 11.5. The van der Waals surface area contributed by atoms with Gasteiger partial charge in [0.15, 0.2) is 0 Å². The van der Waals surface area contributed by atoms with Crippen LogP contribution in [0.25, 0.3) is 0 Å². The van der Waals surface area contributed by atoms with E-state index in [1.807, 2.05) is 12.1 Å². The maximum atomic E-state index is 11.5. The highest BCUT2D eigenvalue weighted by molar-refractivity contribution is 7.84. The van der Waals surface area contributed by atoms with Crippen LogP contribution in [0.2, 0.25) is 0 Å². The molecule has 0 bridgehead atoms. The van der Waals surface area contributed by atoms with Gasteiger partial charge in [-0.3, -0.25) is 9.11 Å². The highest BCUT2D eigenvalue weighted by Crippen LogP contribution is 2.46. The Hall–Kier alpha value is -0.710. The van der Waals surface area contributed by atoms with E-state index in [2.05, 4.69) is 17.0 Å². The summed E-state index contributed by atoms with van der Waals surface area (Å²) in [7, 11) is -0.913. The Kier molecular flexibility index (Phi) is 5.00. The first-order valence-corrected chi connectivity index (χ1v) is 9.95. The molecule has 122 valence electrons. The van der Waals surface area contributed by atoms with Crippen LogP contribution >= 0.6 is 0 Å². The van der Waals surface area contributed by atoms with Gasteiger partial charge in [0, 0.05) is 41.1 Å². The van der Waals surface area contributed by atoms with Crippen molar-refractivity contribution in [3.8, 4) is 0 Å². The molecule has 1 aromatic carbocycles. The number of aliphatic hydroxyl groups excluding tert-OH is 1. The maximum absolute atomic E-state index is 11.5. The van der Waals surface area contributed by atoms with Crippen molar-refractivity contribution in [1.82, 2.24) is 4.90 Å². The Morgan fingerprint density at radius 1 is 1.23 bits per heavy atom. The van der Waals surface area contributed by atoms with E-state index >= 15 is 0 Å². The fourth-order valence-corrected chi connectivity index (χ4v) is 4.76. The minimum absolute atomic E-state index is 0.257. The molecule has 1 aromatic rings. The summed E-state index contributed by atoms with van der Waals surface area (Å²) in [6.07, 6.45) is 9.56. The summed E-state index contributed by atoms with van der Waals surface area (Å²) >= 11 is 0. The van der Waals surface area contributed by atoms with Crippen LogP contribution < -0.4 is 0 Å². The summed E-state index contributed by atoms with van der Waals surface area (Å²) in [6, 6.07) is 8.40. The smallest absolute Gasteiger partial charge is 0.0587 e. The summed E-state index contributed by atoms with van der Waals surface area (Å²) in [5.74, 6) is 0. The zero-order valence-electron chi connectivity index (χ0n) is 13.5. The SMILES string of the molecule is CS(=O)c1ccc(CN2CC3(CCCC3)CCC2CO)cc1. The Balaban J connectivity index is 1.71. The van der Waals surface area contributed by atoms with Crippen molar-refractivity contribution >= 4 is 10.8 Å². The molecule has 3 rings (SSSR count). The van der Waals surface area contributed by atoms with Gasteiger partial charge in [-0.1, -0.05) is 25.0 Å². The van der Waals surface area contributed by atoms with Crippen molar-refractivity contribution in [2.45, 2.75) is 56.0 Å². The first kappa shape index (κ1) is 16.2. The average Bonchev–Trinajstić information content (AvgIpc) is 2.96. The maximum Gasteiger partial charge on any atom is 0.0587 e. The van der Waals surface area contributed by atoms with Gasteiger partial charge in [-0.25, -0.2) is 0 Å². The molecule has 2 aliphatic rings. The van der Waals surface area contributed by atoms with E-state index in [1.54, 1.807) is 6.26 Å². The van der Waals surface area contributed by atoms with Gasteiger partial charge in [0.25, 0.3) is 0 Å². The minimum Gasteiger partial charge on any atom is -0.395 e. The Bertz CT molecular complexity index is 522. The molecule has 1 aliphatic carbocycles. The van der Waals surface area contributed by atoms with Crippen molar-refractivity contribution in [3.63, 3.8) is 0 Å². The molecule has 2 atom stereocenters. The Morgan fingerprint density at radius 2 is 1.91 bits per heavy atom. The number of piperidine rings is 1. The van der Waals surface area contributed by atoms with Gasteiger partial charge in [-0.15, -0.1) is 0 Å². The molecule has 0 aromatic heterocycles. The molecule has 22 heavy (non-hydrogen) atoms. The lowest BCUT2D eigenvalue weighted by Gasteiger charge is -2.45. The molecule has 2 unspecified atom stereocenters. The molecule has 4 heteroatoms. The number of hydrogen-bond acceptors (Lipinski definition) is 3. The van der Waals surface area contributed by atoms with Crippen LogP contribution in [-0.2, 0) is 17.3 Å². The van der Waals surface area contributed by atoms with Crippen molar-refractivity contribution in [2.75, 3.05) is 19.4 Å². The molecule has 3 nitrogen and oxygen atoms in total. The molecular formula is C18H27NO2S. The van der Waals surface area contributed by atoms with E-state index in [0.29, 0.717) is 11.5 Å². The largest absolute Gasteiger partial charge is 0.395 e. The minimum atomic E-state index is -0.913. The van der Waals surface area contributed by atoms with Gasteiger partial charge in [-0.2, -0.15) is 0 Å². The zero-order valence-corrected chi connectivity index (χ0v) is 14.3. The number of benzene rings is 1. The molecule has 1 saturated carbocycles. The molecule has 1 heterocycles. The summed E-state index contributed by atoms with van der Waals surface area (Å²) in [5, 5.41) is 9.71. The van der Waals surface area contributed by atoms with Crippen LogP contribution in [0.1, 0.15) is 44.1 Å². The van der Waals surface area contributed by atoms with E-state index in [0.717, 1.165) is 24.4 Å². The normalized spacial score (nSPS) is 26.4. The third-order valence-corrected chi connectivity index (χ3v) is 6.51. The number of nitrogens with zero attached hydrogens (tertiary/aromatic N) is 1. The van der Waals surface area contributed by atoms with E-state index in [9.17, 15) is 9.32 Å². The van der Waals surface area contributed by atoms with Gasteiger partial charge < -0.3 is 5.11 Å². The fraction of sp³-hybridized carbons (Fsp3) is 0.667. The van der Waals surface area contributed by atoms with Gasteiger partial charge in [0.05, 0.1) is 6.61 Å². The monoisotopic (exact) mass is 321 g/mol. The first-order chi connectivity index (χ1) is 10.6. The zero-order chi connectivity index (χ0) is 15.6. The average molecular weight is 321 g/mol. The third-order valence-electron chi connectivity index (χ3n) is 5.58. The lowest BCUT2D eigenvalue weighted by molar-refractivity contribution is 0.0127. The standard InChI is InChI=1S/C18H27NO2S/c1-22(21)17-6-4-15(5-7-17)12-19-14-18(9-2-3-10-18)11-8-16(19)13-20/h4-7,16,20H,2-3,8-14H2,1H3. The highest BCUT2D eigenvalue weighted by atomic mass is 32.2. The molecular weight excluding hydrogens is 294 g/mol. The van der Waals surface area contributed by atoms with E-state index in [-0.39, 0.29) is 6.61 Å². The molecule has 1 saturated heterocycles. The van der Waals surface area contributed by atoms with Crippen molar-refractivity contribution in [1.29, 1.82) is 0 Å². The van der Waals surface area contributed by atoms with Crippen LogP contribution in [0.5, 0.6) is 0 Å². The Labute approximate surface area is 136 Å². The molecule has 2 fully saturated rings. The third kappa shape index (κ3) is 3.44. The van der Waals surface area contributed by atoms with Crippen LogP contribution in [0, 0.1) is 5.41 Å². The van der Waals surface area contributed by atoms with Crippen LogP contribution in [-0.4, -0.2) is 39.7 Å². The summed E-state index contributed by atoms with van der Waals surface area (Å²) in [4.78, 5) is 3.36. The summed E-state index contributed by atoms with van der Waals surface area (Å²) in [5.41, 5.74) is 1.76. The van der Waals surface area contributed by atoms with E-state index < -0.39 is 10.8 Å². The van der Waals surface area contributed by atoms with Gasteiger partial charge >= 0.3 is 0 Å². The highest BCUT2D eigenvalue weighted by Gasteiger charge is 2.40. The topological polar surface area (TPSA) is 40.5 Å². The molecule has 0 amide bonds. The second kappa shape index (κ2) is 6.81. The molecule has 0 radical (unpaired) electrons. The lowest BCUT2D eigenvalue weighted by Crippen LogP contribution is -2.49. The second-order valence-corrected chi connectivity index (χ2v) is 8.46. The first-order valence-electron chi connectivity index (χ1n) is 8.39. The quantitative estimate of drug-likeness (QED) is 0.927. The number of hydrogen-bond donors (Lipinski definition) is 1. The van der Waals surface area contributed by atoms with Crippen molar-refractivity contribution in [2.24, 2.45) is 5.41 Å². The van der Waals surface area contributed by atoms with Gasteiger partial charge in [0.1, 0.15) is 0 Å². The van der Waals surface area contributed by atoms with E-state index in [4.69, 9.17) is 0 Å². The molecule has 1 spiro atoms. The molecule has 1 aliphatic heterocycles. The van der Waals surface area contributed by atoms with Crippen LogP contribution in [0.3, 0.4) is 0 Å². The predicted molar refractivity (Wildman–Crippen MR) is 90.2 cm³/mol.